The molecule has 0 unspecified atom stereocenters. The number of aliphatic hydroxyl groups is 1. The monoisotopic (exact) mass is 816 g/mol. The number of nitrogens with zero attached hydrogens (tertiary/aromatic N) is 2. The summed E-state index contributed by atoms with van der Waals surface area (Å²) in [5.74, 6) is 4.04. The molecule has 0 bridgehead atoms. The Morgan fingerprint density at radius 3 is 1.87 bits per heavy atom. The molecule has 1 N–H and O–H groups in total. The topological polar surface area (TPSA) is 63.1 Å². The predicted molar refractivity (Wildman–Crippen MR) is 193 cm³/mol. The molecule has 47 heavy (non-hydrogen) atoms. The van der Waals surface area contributed by atoms with Crippen molar-refractivity contribution in [2.75, 3.05) is 0 Å². The predicted octanol–water partition coefficient (Wildman–Crippen LogP) is 11.6. The fraction of sp³-hybridized carbons (Fsp3) is 0.595. The molecule has 5 heteroatoms. The molecule has 3 fully saturated rings. The summed E-state index contributed by atoms with van der Waals surface area (Å²) < 4.78 is 0. The van der Waals surface area contributed by atoms with E-state index in [9.17, 15) is 9.90 Å². The quantitative estimate of drug-likeness (QED) is 0.158. The molecule has 0 aliphatic heterocycles. The summed E-state index contributed by atoms with van der Waals surface area (Å²) in [7, 11) is 0. The van der Waals surface area contributed by atoms with E-state index in [1.165, 1.54) is 49.7 Å². The Hall–Kier alpha value is -2.36. The van der Waals surface area contributed by atoms with Crippen LogP contribution in [0.15, 0.2) is 42.2 Å². The van der Waals surface area contributed by atoms with Gasteiger partial charge in [0.25, 0.3) is 0 Å². The first-order chi connectivity index (χ1) is 21.5. The molecule has 0 amide bonds. The van der Waals surface area contributed by atoms with Gasteiger partial charge in [-0.05, 0) is 86.8 Å². The minimum Gasteiger partial charge on any atom is -0.512 e. The summed E-state index contributed by atoms with van der Waals surface area (Å²) in [6, 6.07) is 14.4. The van der Waals surface area contributed by atoms with Crippen LogP contribution < -0.4 is 0 Å². The number of carbonyl (C=O) groups excluding carboxylic acids is 1. The van der Waals surface area contributed by atoms with Crippen LogP contribution in [0, 0.1) is 56.4 Å². The number of ketones is 1. The van der Waals surface area contributed by atoms with E-state index in [1.807, 2.05) is 0 Å². The molecule has 3 aliphatic carbocycles. The molecular formula is C42H59IrN2O2-. The average Bonchev–Trinajstić information content (AvgIpc) is 3.01. The molecule has 6 rings (SSSR count). The second-order valence-corrected chi connectivity index (χ2v) is 15.0. The van der Waals surface area contributed by atoms with Crippen LogP contribution in [0.5, 0.6) is 0 Å². The van der Waals surface area contributed by atoms with E-state index in [0.717, 1.165) is 89.8 Å². The number of benzene rings is 2. The van der Waals surface area contributed by atoms with Crippen LogP contribution in [-0.2, 0) is 24.9 Å². The van der Waals surface area contributed by atoms with E-state index in [2.05, 4.69) is 77.9 Å². The van der Waals surface area contributed by atoms with Crippen molar-refractivity contribution >= 4 is 16.8 Å². The van der Waals surface area contributed by atoms with Gasteiger partial charge in [-0.1, -0.05) is 86.6 Å². The molecule has 3 aliphatic rings. The number of hydrogen-bond acceptors (Lipinski definition) is 4. The number of fused-ring (bicyclic) bond motifs is 1. The maximum Gasteiger partial charge on any atom is 0.162 e. The van der Waals surface area contributed by atoms with Crippen LogP contribution in [-0.4, -0.2) is 20.9 Å². The largest absolute Gasteiger partial charge is 0.512 e. The van der Waals surface area contributed by atoms with Crippen LogP contribution in [0.2, 0.25) is 0 Å². The van der Waals surface area contributed by atoms with Gasteiger partial charge in [-0.15, -0.1) is 34.9 Å². The number of aliphatic hydroxyl groups excluding tert-OH is 1. The van der Waals surface area contributed by atoms with Gasteiger partial charge in [-0.25, -0.2) is 0 Å². The maximum atomic E-state index is 12.2. The van der Waals surface area contributed by atoms with Gasteiger partial charge in [0.1, 0.15) is 0 Å². The Kier molecular flexibility index (Phi) is 14.9. The Morgan fingerprint density at radius 1 is 0.745 bits per heavy atom. The number of allylic oxidation sites excluding steroid dienone is 2. The van der Waals surface area contributed by atoms with E-state index >= 15 is 0 Å². The molecule has 1 radical (unpaired) electrons. The molecule has 0 atom stereocenters. The molecule has 1 heterocycles. The molecule has 0 saturated heterocycles. The average molecular weight is 816 g/mol. The van der Waals surface area contributed by atoms with Crippen LogP contribution in [0.4, 0.5) is 0 Å². The zero-order chi connectivity index (χ0) is 32.1. The van der Waals surface area contributed by atoms with Crippen molar-refractivity contribution in [3.05, 3.63) is 70.6 Å². The molecule has 1 aromatic heterocycles. The van der Waals surface area contributed by atoms with Crippen molar-refractivity contribution in [3.8, 4) is 11.3 Å². The zero-order valence-corrected chi connectivity index (χ0v) is 31.4. The van der Waals surface area contributed by atoms with Crippen LogP contribution in [0.3, 0.4) is 0 Å². The third-order valence-corrected chi connectivity index (χ3v) is 10.9. The third-order valence-electron chi connectivity index (χ3n) is 10.9. The molecule has 3 aromatic rings. The number of aryl methyl sites for hydroxylation is 3. The van der Waals surface area contributed by atoms with Gasteiger partial charge in [0, 0.05) is 49.4 Å². The Balaban J connectivity index is 0.000000257. The van der Waals surface area contributed by atoms with Gasteiger partial charge in [0.15, 0.2) is 5.78 Å². The van der Waals surface area contributed by atoms with Gasteiger partial charge in [0.2, 0.25) is 0 Å². The number of carbonyl (C=O) groups is 1. The summed E-state index contributed by atoms with van der Waals surface area (Å²) in [5, 5.41) is 10.2. The van der Waals surface area contributed by atoms with Crippen LogP contribution >= 0.6 is 0 Å². The zero-order valence-electron chi connectivity index (χ0n) is 29.0. The standard InChI is InChI=1S/C24H27N2.C17H28O2.CH4.Ir/c1-15-5-7-19(8-6-15)20-9-10-22-23(14-20)25-18(4)24(26-22)21-12-16(2)11-17(3)13-21;1-12-3-7-14(8-4-12)16(18)11-17(19)15-9-5-13(2)6-10-15;;/h9-12,14-15,19H,5-8H2,1-4H3;11-15,18H,3-10H2,1-2H3;1H4;/q-1;;;. The number of hydrogen-bond donors (Lipinski definition) is 1. The van der Waals surface area contributed by atoms with Crippen molar-refractivity contribution in [1.29, 1.82) is 0 Å². The fourth-order valence-electron chi connectivity index (χ4n) is 7.77. The summed E-state index contributed by atoms with van der Waals surface area (Å²) >= 11 is 0. The first-order valence-electron chi connectivity index (χ1n) is 17.8. The maximum absolute atomic E-state index is 12.2. The second kappa shape index (κ2) is 17.9. The van der Waals surface area contributed by atoms with E-state index in [0.29, 0.717) is 11.7 Å². The van der Waals surface area contributed by atoms with Gasteiger partial charge >= 0.3 is 0 Å². The van der Waals surface area contributed by atoms with Gasteiger partial charge < -0.3 is 5.11 Å². The van der Waals surface area contributed by atoms with E-state index in [1.54, 1.807) is 6.08 Å². The summed E-state index contributed by atoms with van der Waals surface area (Å²) in [6.07, 6.45) is 15.6. The minimum absolute atomic E-state index is 0. The Labute approximate surface area is 299 Å². The summed E-state index contributed by atoms with van der Waals surface area (Å²) in [6.45, 7) is 13.2. The molecule has 2 aromatic carbocycles. The van der Waals surface area contributed by atoms with Crippen molar-refractivity contribution in [1.82, 2.24) is 9.97 Å². The number of rotatable bonds is 5. The SMILES string of the molecule is C.CC1CCC(C(=O)C=C(O)C2CCC(C)CC2)CC1.Cc1[c-]c(-c2nc3ccc(C4CCC(C)CC4)cc3nc2C)cc(C)c1.[Ir]. The van der Waals surface area contributed by atoms with E-state index < -0.39 is 0 Å². The Morgan fingerprint density at radius 2 is 1.30 bits per heavy atom. The molecule has 0 spiro atoms. The minimum atomic E-state index is 0. The number of aromatic nitrogens is 2. The first-order valence-corrected chi connectivity index (χ1v) is 17.8. The fourth-order valence-corrected chi connectivity index (χ4v) is 7.77. The van der Waals surface area contributed by atoms with E-state index in [-0.39, 0.29) is 45.2 Å². The molecular weight excluding hydrogens is 757 g/mol. The first kappa shape index (κ1) is 39.1. The molecule has 3 saturated carbocycles. The van der Waals surface area contributed by atoms with Crippen molar-refractivity contribution < 1.29 is 30.0 Å². The summed E-state index contributed by atoms with van der Waals surface area (Å²) in [5.41, 5.74) is 8.78. The van der Waals surface area contributed by atoms with Crippen molar-refractivity contribution in [3.63, 3.8) is 0 Å². The Bertz CT molecular complexity index is 1470. The third kappa shape index (κ3) is 10.6. The van der Waals surface area contributed by atoms with Crippen molar-refractivity contribution in [2.45, 2.75) is 132 Å². The van der Waals surface area contributed by atoms with Crippen LogP contribution in [0.1, 0.15) is 134 Å². The molecule has 259 valence electrons. The van der Waals surface area contributed by atoms with Crippen LogP contribution in [0.25, 0.3) is 22.3 Å². The molecule has 4 nitrogen and oxygen atoms in total. The van der Waals surface area contributed by atoms with E-state index in [4.69, 9.17) is 9.97 Å². The second-order valence-electron chi connectivity index (χ2n) is 15.0. The van der Waals surface area contributed by atoms with Gasteiger partial charge in [-0.2, -0.15) is 0 Å². The van der Waals surface area contributed by atoms with Gasteiger partial charge in [0.05, 0.1) is 16.8 Å². The van der Waals surface area contributed by atoms with Gasteiger partial charge in [-0.3, -0.25) is 14.8 Å². The van der Waals surface area contributed by atoms with Crippen molar-refractivity contribution in [2.24, 2.45) is 29.6 Å². The smallest absolute Gasteiger partial charge is 0.162 e. The summed E-state index contributed by atoms with van der Waals surface area (Å²) in [4.78, 5) is 22.0. The normalized spacial score (nSPS) is 26.3.